The summed E-state index contributed by atoms with van der Waals surface area (Å²) in [7, 11) is 0. The van der Waals surface area contributed by atoms with Crippen molar-refractivity contribution < 1.29 is 18.6 Å². The van der Waals surface area contributed by atoms with E-state index in [0.29, 0.717) is 19.1 Å². The molecule has 1 fully saturated rings. The van der Waals surface area contributed by atoms with Crippen LogP contribution in [0.5, 0.6) is 0 Å². The lowest BCUT2D eigenvalue weighted by atomic mass is 10.1. The summed E-state index contributed by atoms with van der Waals surface area (Å²) in [5, 5.41) is 11.9. The fourth-order valence-corrected chi connectivity index (χ4v) is 3.70. The predicted molar refractivity (Wildman–Crippen MR) is 103 cm³/mol. The summed E-state index contributed by atoms with van der Waals surface area (Å²) >= 11 is 0. The van der Waals surface area contributed by atoms with Crippen LogP contribution in [0.3, 0.4) is 0 Å². The quantitative estimate of drug-likeness (QED) is 0.730. The maximum atomic E-state index is 12.7. The summed E-state index contributed by atoms with van der Waals surface area (Å²) in [6.45, 7) is 3.13. The smallest absolute Gasteiger partial charge is 0.304 e. The van der Waals surface area contributed by atoms with E-state index in [0.717, 1.165) is 54.2 Å². The largest absolute Gasteiger partial charge is 0.416 e. The van der Waals surface area contributed by atoms with Crippen molar-refractivity contribution in [3.8, 4) is 0 Å². The van der Waals surface area contributed by atoms with Crippen molar-refractivity contribution in [2.45, 2.75) is 25.2 Å². The lowest BCUT2D eigenvalue weighted by Crippen LogP contribution is -2.75. The minimum absolute atomic E-state index is 0.336. The van der Waals surface area contributed by atoms with E-state index < -0.39 is 11.7 Å². The molecule has 0 radical (unpaired) electrons. The molecule has 2 aromatic carbocycles. The van der Waals surface area contributed by atoms with Crippen LogP contribution < -0.4 is 10.7 Å². The van der Waals surface area contributed by atoms with Gasteiger partial charge in [0.1, 0.15) is 0 Å². The lowest BCUT2D eigenvalue weighted by molar-refractivity contribution is -0.614. The Morgan fingerprint density at radius 1 is 1.07 bits per heavy atom. The molecule has 1 saturated heterocycles. The third kappa shape index (κ3) is 4.90. The predicted octanol–water partition coefficient (Wildman–Crippen LogP) is 3.18. The number of likely N-dealkylation sites (tertiary alicyclic amines) is 1. The zero-order valence-corrected chi connectivity index (χ0v) is 15.9. The molecule has 4 rings (SSSR count). The van der Waals surface area contributed by atoms with E-state index >= 15 is 0 Å². The highest BCUT2D eigenvalue weighted by Crippen LogP contribution is 2.29. The lowest BCUT2D eigenvalue weighted by Gasteiger charge is -2.17. The summed E-state index contributed by atoms with van der Waals surface area (Å²) in [4.78, 5) is 2.26. The van der Waals surface area contributed by atoms with E-state index in [4.69, 9.17) is 0 Å². The maximum absolute atomic E-state index is 12.7. The first kappa shape index (κ1) is 19.8. The monoisotopic (exact) mass is 402 g/mol. The topological polar surface area (TPSA) is 56.6 Å². The van der Waals surface area contributed by atoms with E-state index in [-0.39, 0.29) is 0 Å². The van der Waals surface area contributed by atoms with Crippen molar-refractivity contribution in [2.75, 3.05) is 19.6 Å². The van der Waals surface area contributed by atoms with Gasteiger partial charge in [-0.2, -0.15) is 18.6 Å². The Labute approximate surface area is 167 Å². The molecule has 2 aromatic rings. The second-order valence-corrected chi connectivity index (χ2v) is 7.38. The van der Waals surface area contributed by atoms with Crippen LogP contribution in [0.2, 0.25) is 0 Å². The van der Waals surface area contributed by atoms with Crippen LogP contribution in [-0.4, -0.2) is 30.6 Å². The Morgan fingerprint density at radius 2 is 1.83 bits per heavy atom. The minimum Gasteiger partial charge on any atom is -0.304 e. The number of halogens is 3. The molecule has 0 saturated carbocycles. The number of nitrogens with two attached hydrogens (primary N) is 1. The van der Waals surface area contributed by atoms with Crippen LogP contribution in [0.15, 0.2) is 70.6 Å². The summed E-state index contributed by atoms with van der Waals surface area (Å²) < 4.78 is 38.1. The zero-order chi connectivity index (χ0) is 20.3. The van der Waals surface area contributed by atoms with Crippen LogP contribution in [-0.2, 0) is 12.7 Å². The Bertz CT molecular complexity index is 891. The molecule has 29 heavy (non-hydrogen) atoms. The first-order valence-corrected chi connectivity index (χ1v) is 9.63. The molecule has 3 N–H and O–H groups in total. The van der Waals surface area contributed by atoms with Gasteiger partial charge in [0, 0.05) is 36.5 Å². The Kier molecular flexibility index (Phi) is 5.75. The van der Waals surface area contributed by atoms with Gasteiger partial charge >= 0.3 is 6.18 Å². The molecule has 152 valence electrons. The molecule has 2 aliphatic rings. The van der Waals surface area contributed by atoms with Crippen molar-refractivity contribution in [3.05, 3.63) is 77.0 Å². The highest BCUT2D eigenvalue weighted by atomic mass is 19.4. The summed E-state index contributed by atoms with van der Waals surface area (Å²) in [5.41, 5.74) is 5.11. The van der Waals surface area contributed by atoms with E-state index in [1.165, 1.54) is 0 Å². The number of hydrogen-bond acceptors (Lipinski definition) is 4. The Morgan fingerprint density at radius 3 is 2.55 bits per heavy atom. The second kappa shape index (κ2) is 8.44. The maximum Gasteiger partial charge on any atom is 0.416 e. The molecule has 0 spiro atoms. The molecular weight excluding hydrogens is 379 g/mol. The van der Waals surface area contributed by atoms with Gasteiger partial charge in [-0.25, -0.2) is 0 Å². The van der Waals surface area contributed by atoms with Crippen LogP contribution in [0.25, 0.3) is 5.70 Å². The molecule has 0 amide bonds. The van der Waals surface area contributed by atoms with Crippen LogP contribution in [0.1, 0.15) is 23.1 Å². The fourth-order valence-electron chi connectivity index (χ4n) is 3.70. The molecule has 0 bridgehead atoms. The molecule has 0 unspecified atom stereocenters. The number of rotatable bonds is 6. The highest BCUT2D eigenvalue weighted by molar-refractivity contribution is 5.66. The second-order valence-electron chi connectivity index (χ2n) is 7.38. The van der Waals surface area contributed by atoms with Gasteiger partial charge in [-0.3, -0.25) is 4.90 Å². The molecule has 2 heterocycles. The summed E-state index contributed by atoms with van der Waals surface area (Å²) in [5.74, 6) is 0. The van der Waals surface area contributed by atoms with Gasteiger partial charge in [0.05, 0.1) is 12.1 Å². The normalized spacial score (nSPS) is 20.0. The number of hydrogen-bond donors (Lipinski definition) is 2. The van der Waals surface area contributed by atoms with Crippen molar-refractivity contribution in [2.24, 2.45) is 10.3 Å². The van der Waals surface area contributed by atoms with Gasteiger partial charge in [0.15, 0.2) is 11.4 Å². The van der Waals surface area contributed by atoms with Crippen molar-refractivity contribution in [3.63, 3.8) is 0 Å². The molecule has 5 nitrogen and oxygen atoms in total. The van der Waals surface area contributed by atoms with Crippen molar-refractivity contribution in [1.82, 2.24) is 10.2 Å². The zero-order valence-electron chi connectivity index (χ0n) is 15.9. The van der Waals surface area contributed by atoms with Gasteiger partial charge in [-0.05, 0) is 24.1 Å². The van der Waals surface area contributed by atoms with E-state index in [1.54, 1.807) is 17.6 Å². The Balaban J connectivity index is 1.29. The third-order valence-electron chi connectivity index (χ3n) is 5.26. The number of alkyl halides is 3. The molecule has 8 heteroatoms. The SMILES string of the molecule is FC(F)(F)c1ccc(CN2CC[C@H](NCC3=C(c4ccccc4)N=N[NH2+]3)C2)cc1. The van der Waals surface area contributed by atoms with Crippen LogP contribution in [0, 0.1) is 0 Å². The molecule has 1 atom stereocenters. The number of benzene rings is 2. The first-order valence-electron chi connectivity index (χ1n) is 9.63. The van der Waals surface area contributed by atoms with Gasteiger partial charge in [-0.1, -0.05) is 47.6 Å². The Hall–Kier alpha value is -2.55. The number of nitrogens with one attached hydrogen (secondary N) is 1. The average Bonchev–Trinajstić information content (AvgIpc) is 3.36. The summed E-state index contributed by atoms with van der Waals surface area (Å²) in [6.07, 6.45) is -3.28. The van der Waals surface area contributed by atoms with Gasteiger partial charge < -0.3 is 5.32 Å². The van der Waals surface area contributed by atoms with Crippen molar-refractivity contribution in [1.29, 1.82) is 0 Å². The fraction of sp³-hybridized carbons (Fsp3) is 0.333. The van der Waals surface area contributed by atoms with Crippen molar-refractivity contribution >= 4 is 5.70 Å². The molecule has 0 aliphatic carbocycles. The average molecular weight is 402 g/mol. The number of nitrogens with zero attached hydrogens (tertiary/aromatic N) is 3. The summed E-state index contributed by atoms with van der Waals surface area (Å²) in [6, 6.07) is 15.8. The highest BCUT2D eigenvalue weighted by Gasteiger charge is 2.30. The van der Waals surface area contributed by atoms with E-state index in [2.05, 4.69) is 20.6 Å². The third-order valence-corrected chi connectivity index (χ3v) is 5.26. The standard InChI is InChI=1S/C21H22F3N5/c22-21(23,24)17-8-6-15(7-9-17)13-29-11-10-18(14-29)25-12-19-20(27-28-26-19)16-4-2-1-3-5-16/h1-9,18,25H,10-14H2,(H,26,27,28)/p+1/t18-/m0/s1. The van der Waals surface area contributed by atoms with E-state index in [9.17, 15) is 13.2 Å². The van der Waals surface area contributed by atoms with Crippen LogP contribution >= 0.6 is 0 Å². The van der Waals surface area contributed by atoms with Crippen LogP contribution in [0.4, 0.5) is 13.2 Å². The van der Waals surface area contributed by atoms with Gasteiger partial charge in [0.25, 0.3) is 0 Å². The first-order chi connectivity index (χ1) is 14.0. The molecule has 0 aromatic heterocycles. The van der Waals surface area contributed by atoms with Gasteiger partial charge in [-0.15, -0.1) is 0 Å². The van der Waals surface area contributed by atoms with E-state index in [1.807, 2.05) is 30.3 Å². The minimum atomic E-state index is -4.29. The molecule has 2 aliphatic heterocycles. The molecular formula is C21H23F3N5+. The van der Waals surface area contributed by atoms with Gasteiger partial charge in [0.2, 0.25) is 0 Å². The number of quaternary nitrogens is 1.